The maximum atomic E-state index is 12.3. The van der Waals surface area contributed by atoms with Crippen LogP contribution in [0.3, 0.4) is 0 Å². The van der Waals surface area contributed by atoms with Gasteiger partial charge in [0.05, 0.1) is 25.1 Å². The molecule has 2 rings (SSSR count). The van der Waals surface area contributed by atoms with Crippen LogP contribution in [0.15, 0.2) is 28.7 Å². The van der Waals surface area contributed by atoms with Gasteiger partial charge in [-0.05, 0) is 31.2 Å². The van der Waals surface area contributed by atoms with Crippen molar-refractivity contribution in [1.29, 1.82) is 0 Å². The van der Waals surface area contributed by atoms with E-state index < -0.39 is 17.1 Å². The lowest BCUT2D eigenvalue weighted by Gasteiger charge is -2.13. The highest BCUT2D eigenvalue weighted by Crippen LogP contribution is 2.24. The Morgan fingerprint density at radius 3 is 2.48 bits per heavy atom. The van der Waals surface area contributed by atoms with Crippen LogP contribution in [0, 0.1) is 6.92 Å². The smallest absolute Gasteiger partial charge is 0.232 e. The minimum Gasteiger partial charge on any atom is -0.497 e. The number of aromatic nitrogens is 1. The van der Waals surface area contributed by atoms with Crippen LogP contribution in [0.1, 0.15) is 11.5 Å². The van der Waals surface area contributed by atoms with Crippen LogP contribution in [-0.4, -0.2) is 55.0 Å². The largest absolute Gasteiger partial charge is 0.497 e. The molecule has 0 aliphatic rings. The SMILES string of the molecule is COc1ccc(-c2nc(C[S@](=O)CC(=O)NCC(OC)OC)c(C)o2)cc1. The van der Waals surface area contributed by atoms with Crippen LogP contribution in [0.25, 0.3) is 11.5 Å². The predicted molar refractivity (Wildman–Crippen MR) is 101 cm³/mol. The lowest BCUT2D eigenvalue weighted by Crippen LogP contribution is -2.36. The van der Waals surface area contributed by atoms with E-state index in [2.05, 4.69) is 10.3 Å². The van der Waals surface area contributed by atoms with Crippen molar-refractivity contribution in [2.45, 2.75) is 19.0 Å². The van der Waals surface area contributed by atoms with Crippen molar-refractivity contribution in [2.24, 2.45) is 0 Å². The second-order valence-electron chi connectivity index (χ2n) is 5.68. The number of methoxy groups -OCH3 is 3. The number of ether oxygens (including phenoxy) is 3. The van der Waals surface area contributed by atoms with Gasteiger partial charge in [-0.3, -0.25) is 9.00 Å². The summed E-state index contributed by atoms with van der Waals surface area (Å²) in [6, 6.07) is 7.29. The Balaban J connectivity index is 1.93. The van der Waals surface area contributed by atoms with E-state index in [-0.39, 0.29) is 24.0 Å². The molecule has 1 atom stereocenters. The average molecular weight is 396 g/mol. The number of rotatable bonds is 10. The number of carbonyl (C=O) groups is 1. The van der Waals surface area contributed by atoms with Gasteiger partial charge in [0.2, 0.25) is 11.8 Å². The quantitative estimate of drug-likeness (QED) is 0.610. The summed E-state index contributed by atoms with van der Waals surface area (Å²) >= 11 is 0. The van der Waals surface area contributed by atoms with Crippen molar-refractivity contribution in [3.05, 3.63) is 35.7 Å². The van der Waals surface area contributed by atoms with Crippen molar-refractivity contribution in [2.75, 3.05) is 33.6 Å². The average Bonchev–Trinajstić information content (AvgIpc) is 3.03. The van der Waals surface area contributed by atoms with Gasteiger partial charge < -0.3 is 23.9 Å². The van der Waals surface area contributed by atoms with Crippen LogP contribution in [-0.2, 0) is 30.8 Å². The number of amides is 1. The van der Waals surface area contributed by atoms with Gasteiger partial charge in [-0.15, -0.1) is 0 Å². The number of hydrogen-bond acceptors (Lipinski definition) is 7. The first-order valence-corrected chi connectivity index (χ1v) is 9.73. The first-order chi connectivity index (χ1) is 13.0. The van der Waals surface area contributed by atoms with E-state index in [9.17, 15) is 9.00 Å². The number of carbonyl (C=O) groups excluding carboxylic acids is 1. The van der Waals surface area contributed by atoms with E-state index in [0.29, 0.717) is 17.3 Å². The molecule has 0 unspecified atom stereocenters. The molecule has 1 heterocycles. The van der Waals surface area contributed by atoms with E-state index in [1.807, 2.05) is 24.3 Å². The third-order valence-electron chi connectivity index (χ3n) is 3.81. The first-order valence-electron chi connectivity index (χ1n) is 8.24. The van der Waals surface area contributed by atoms with Crippen LogP contribution in [0.5, 0.6) is 5.75 Å². The Bertz CT molecular complexity index is 771. The summed E-state index contributed by atoms with van der Waals surface area (Å²) in [7, 11) is 3.14. The minimum absolute atomic E-state index is 0.135. The van der Waals surface area contributed by atoms with Crippen molar-refractivity contribution >= 4 is 16.7 Å². The molecule has 8 nitrogen and oxygen atoms in total. The highest BCUT2D eigenvalue weighted by atomic mass is 32.2. The molecule has 0 spiro atoms. The molecule has 0 saturated heterocycles. The Labute approximate surface area is 160 Å². The van der Waals surface area contributed by atoms with Gasteiger partial charge in [0.1, 0.15) is 17.3 Å². The topological polar surface area (TPSA) is 99.9 Å². The molecule has 0 saturated carbocycles. The summed E-state index contributed by atoms with van der Waals surface area (Å²) < 4.78 is 33.0. The number of nitrogens with one attached hydrogen (secondary N) is 1. The Morgan fingerprint density at radius 1 is 1.22 bits per heavy atom. The van der Waals surface area contributed by atoms with Gasteiger partial charge in [-0.1, -0.05) is 0 Å². The molecule has 1 amide bonds. The second-order valence-corrected chi connectivity index (χ2v) is 7.14. The van der Waals surface area contributed by atoms with E-state index in [4.69, 9.17) is 18.6 Å². The highest BCUT2D eigenvalue weighted by Gasteiger charge is 2.17. The zero-order valence-electron chi connectivity index (χ0n) is 15.8. The highest BCUT2D eigenvalue weighted by molar-refractivity contribution is 7.84. The molecule has 27 heavy (non-hydrogen) atoms. The van der Waals surface area contributed by atoms with E-state index >= 15 is 0 Å². The van der Waals surface area contributed by atoms with Crippen molar-refractivity contribution in [3.8, 4) is 17.2 Å². The Morgan fingerprint density at radius 2 is 1.89 bits per heavy atom. The molecule has 1 aromatic carbocycles. The summed E-state index contributed by atoms with van der Waals surface area (Å²) in [5, 5.41) is 2.62. The van der Waals surface area contributed by atoms with E-state index in [1.165, 1.54) is 14.2 Å². The normalized spacial score (nSPS) is 12.2. The fourth-order valence-corrected chi connectivity index (χ4v) is 3.35. The van der Waals surface area contributed by atoms with Crippen LogP contribution < -0.4 is 10.1 Å². The Kier molecular flexibility index (Phi) is 7.96. The van der Waals surface area contributed by atoms with Crippen molar-refractivity contribution < 1.29 is 27.6 Å². The number of nitrogens with zero attached hydrogens (tertiary/aromatic N) is 1. The van der Waals surface area contributed by atoms with Gasteiger partial charge in [0, 0.05) is 30.6 Å². The molecule has 0 bridgehead atoms. The van der Waals surface area contributed by atoms with Gasteiger partial charge in [-0.25, -0.2) is 4.98 Å². The minimum atomic E-state index is -1.41. The molecule has 0 aliphatic carbocycles. The zero-order chi connectivity index (χ0) is 19.8. The molecule has 0 radical (unpaired) electrons. The molecule has 9 heteroatoms. The molecule has 1 N–H and O–H groups in total. The van der Waals surface area contributed by atoms with Crippen LogP contribution in [0.2, 0.25) is 0 Å². The van der Waals surface area contributed by atoms with Crippen LogP contribution >= 0.6 is 0 Å². The molecular formula is C18H24N2O6S. The predicted octanol–water partition coefficient (Wildman–Crippen LogP) is 1.64. The first kappa shape index (κ1) is 21.1. The molecular weight excluding hydrogens is 372 g/mol. The fourth-order valence-electron chi connectivity index (χ4n) is 2.28. The van der Waals surface area contributed by atoms with Gasteiger partial charge >= 0.3 is 0 Å². The van der Waals surface area contributed by atoms with Crippen molar-refractivity contribution in [1.82, 2.24) is 10.3 Å². The van der Waals surface area contributed by atoms with E-state index in [1.54, 1.807) is 14.0 Å². The van der Waals surface area contributed by atoms with Gasteiger partial charge in [0.15, 0.2) is 6.29 Å². The van der Waals surface area contributed by atoms with Crippen LogP contribution in [0.4, 0.5) is 0 Å². The van der Waals surface area contributed by atoms with Gasteiger partial charge in [-0.2, -0.15) is 0 Å². The zero-order valence-corrected chi connectivity index (χ0v) is 16.6. The third-order valence-corrected chi connectivity index (χ3v) is 4.99. The lowest BCUT2D eigenvalue weighted by molar-refractivity contribution is -0.125. The maximum Gasteiger partial charge on any atom is 0.232 e. The molecule has 148 valence electrons. The Hall–Kier alpha value is -2.23. The third kappa shape index (κ3) is 6.16. The number of hydrogen-bond donors (Lipinski definition) is 1. The summed E-state index contributed by atoms with van der Waals surface area (Å²) in [5.74, 6) is 1.41. The second kappa shape index (κ2) is 10.2. The lowest BCUT2D eigenvalue weighted by atomic mass is 10.2. The fraction of sp³-hybridized carbons (Fsp3) is 0.444. The monoisotopic (exact) mass is 396 g/mol. The van der Waals surface area contributed by atoms with Crippen molar-refractivity contribution in [3.63, 3.8) is 0 Å². The molecule has 1 aromatic heterocycles. The standard InChI is InChI=1S/C18H24N2O6S/c1-12-15(10-27(22)11-16(21)19-9-17(24-3)25-4)20-18(26-12)13-5-7-14(23-2)8-6-13/h5-8,17H,9-11H2,1-4H3,(H,19,21)/t27-/m0/s1. The summed E-state index contributed by atoms with van der Waals surface area (Å²) in [5.41, 5.74) is 1.36. The van der Waals surface area contributed by atoms with Gasteiger partial charge in [0.25, 0.3) is 0 Å². The number of aryl methyl sites for hydroxylation is 1. The maximum absolute atomic E-state index is 12.3. The summed E-state index contributed by atoms with van der Waals surface area (Å²) in [6.45, 7) is 1.95. The molecule has 0 fully saturated rings. The number of oxazole rings is 1. The number of benzene rings is 1. The summed E-state index contributed by atoms with van der Waals surface area (Å²) in [4.78, 5) is 16.3. The van der Waals surface area contributed by atoms with E-state index in [0.717, 1.165) is 11.3 Å². The summed E-state index contributed by atoms with van der Waals surface area (Å²) in [6.07, 6.45) is -0.535. The molecule has 2 aromatic rings. The molecule has 0 aliphatic heterocycles.